The van der Waals surface area contributed by atoms with Crippen LogP contribution in [0.1, 0.15) is 23.2 Å². The lowest BCUT2D eigenvalue weighted by Gasteiger charge is -2.17. The summed E-state index contributed by atoms with van der Waals surface area (Å²) in [4.78, 5) is 25.5. The Morgan fingerprint density at radius 1 is 1.22 bits per heavy atom. The van der Waals surface area contributed by atoms with E-state index in [4.69, 9.17) is 0 Å². The molecule has 1 aliphatic heterocycles. The second kappa shape index (κ2) is 6.00. The maximum atomic E-state index is 12.3. The van der Waals surface area contributed by atoms with E-state index >= 15 is 0 Å². The second-order valence-electron chi connectivity index (χ2n) is 4.23. The van der Waals surface area contributed by atoms with E-state index in [1.165, 1.54) is 0 Å². The van der Waals surface area contributed by atoms with Crippen molar-refractivity contribution in [1.29, 1.82) is 0 Å². The van der Waals surface area contributed by atoms with Crippen LogP contribution in [0.4, 0.5) is 5.69 Å². The fourth-order valence-corrected chi connectivity index (χ4v) is 2.19. The molecule has 1 aromatic rings. The summed E-state index contributed by atoms with van der Waals surface area (Å²) < 4.78 is 0. The van der Waals surface area contributed by atoms with Crippen LogP contribution >= 0.6 is 15.9 Å². The fraction of sp³-hybridized carbons (Fsp3) is 0.385. The Morgan fingerprint density at radius 2 is 1.89 bits per heavy atom. The van der Waals surface area contributed by atoms with Crippen molar-refractivity contribution in [3.05, 3.63) is 29.8 Å². The van der Waals surface area contributed by atoms with Crippen LogP contribution in [0, 0.1) is 0 Å². The zero-order chi connectivity index (χ0) is 13.0. The van der Waals surface area contributed by atoms with Crippen molar-refractivity contribution in [3.63, 3.8) is 0 Å². The molecule has 0 radical (unpaired) electrons. The number of nitrogens with zero attached hydrogens (tertiary/aromatic N) is 1. The SMILES string of the molecule is O=C(CBr)Nc1ccccc1C(=O)N1CCCC1. The number of likely N-dealkylation sites (tertiary alicyclic amines) is 1. The van der Waals surface area contributed by atoms with Crippen LogP contribution in [0.2, 0.25) is 0 Å². The number of anilines is 1. The summed E-state index contributed by atoms with van der Waals surface area (Å²) in [7, 11) is 0. The molecule has 0 bridgehead atoms. The normalized spacial score (nSPS) is 14.6. The van der Waals surface area contributed by atoms with Gasteiger partial charge in [-0.15, -0.1) is 0 Å². The first-order valence-corrected chi connectivity index (χ1v) is 7.08. The Bertz CT molecular complexity index is 456. The molecular formula is C13H15BrN2O2. The number of para-hydroxylation sites is 1. The molecule has 0 atom stereocenters. The van der Waals surface area contributed by atoms with Gasteiger partial charge in [0, 0.05) is 13.1 Å². The molecule has 2 amide bonds. The van der Waals surface area contributed by atoms with Crippen LogP contribution in [0.15, 0.2) is 24.3 Å². The number of carbonyl (C=O) groups excluding carboxylic acids is 2. The minimum Gasteiger partial charge on any atom is -0.339 e. The summed E-state index contributed by atoms with van der Waals surface area (Å²) in [5.41, 5.74) is 1.15. The van der Waals surface area contributed by atoms with E-state index in [1.807, 2.05) is 17.0 Å². The number of amides is 2. The minimum absolute atomic E-state index is 0.00188. The zero-order valence-electron chi connectivity index (χ0n) is 9.99. The molecule has 18 heavy (non-hydrogen) atoms. The van der Waals surface area contributed by atoms with Gasteiger partial charge in [0.1, 0.15) is 0 Å². The molecule has 1 fully saturated rings. The molecule has 2 rings (SSSR count). The average Bonchev–Trinajstić information content (AvgIpc) is 2.92. The summed E-state index contributed by atoms with van der Waals surface area (Å²) in [6.45, 7) is 1.61. The summed E-state index contributed by atoms with van der Waals surface area (Å²) in [5.74, 6) is -0.158. The van der Waals surface area contributed by atoms with E-state index in [-0.39, 0.29) is 17.1 Å². The first kappa shape index (κ1) is 13.1. The molecule has 0 spiro atoms. The van der Waals surface area contributed by atoms with Gasteiger partial charge in [-0.1, -0.05) is 28.1 Å². The third-order valence-electron chi connectivity index (χ3n) is 2.95. The monoisotopic (exact) mass is 310 g/mol. The van der Waals surface area contributed by atoms with Crippen LogP contribution in [-0.2, 0) is 4.79 Å². The van der Waals surface area contributed by atoms with Crippen molar-refractivity contribution in [3.8, 4) is 0 Å². The molecule has 1 aliphatic rings. The highest BCUT2D eigenvalue weighted by Crippen LogP contribution is 2.20. The van der Waals surface area contributed by atoms with Gasteiger partial charge in [-0.25, -0.2) is 0 Å². The van der Waals surface area contributed by atoms with Gasteiger partial charge in [-0.2, -0.15) is 0 Å². The summed E-state index contributed by atoms with van der Waals surface area (Å²) in [6.07, 6.45) is 2.11. The van der Waals surface area contributed by atoms with Gasteiger partial charge in [0.25, 0.3) is 5.91 Å². The lowest BCUT2D eigenvalue weighted by atomic mass is 10.1. The highest BCUT2D eigenvalue weighted by Gasteiger charge is 2.21. The first-order chi connectivity index (χ1) is 8.72. The highest BCUT2D eigenvalue weighted by atomic mass is 79.9. The van der Waals surface area contributed by atoms with Crippen molar-refractivity contribution in [2.24, 2.45) is 0 Å². The van der Waals surface area contributed by atoms with Crippen molar-refractivity contribution in [1.82, 2.24) is 4.90 Å². The van der Waals surface area contributed by atoms with Gasteiger partial charge in [0.05, 0.1) is 16.6 Å². The summed E-state index contributed by atoms with van der Waals surface area (Å²) >= 11 is 3.09. The standard InChI is InChI=1S/C13H15BrN2O2/c14-9-12(17)15-11-6-2-1-5-10(11)13(18)16-7-3-4-8-16/h1-2,5-6H,3-4,7-9H2,(H,15,17). The molecule has 1 saturated heterocycles. The van der Waals surface area contributed by atoms with Gasteiger partial charge < -0.3 is 10.2 Å². The van der Waals surface area contributed by atoms with Gasteiger partial charge in [-0.3, -0.25) is 9.59 Å². The van der Waals surface area contributed by atoms with Crippen molar-refractivity contribution >= 4 is 33.4 Å². The van der Waals surface area contributed by atoms with Crippen LogP contribution in [0.3, 0.4) is 0 Å². The van der Waals surface area contributed by atoms with Crippen LogP contribution < -0.4 is 5.32 Å². The van der Waals surface area contributed by atoms with Gasteiger partial charge >= 0.3 is 0 Å². The molecule has 1 heterocycles. The lowest BCUT2D eigenvalue weighted by Crippen LogP contribution is -2.28. The van der Waals surface area contributed by atoms with Gasteiger partial charge in [-0.05, 0) is 25.0 Å². The number of halogens is 1. The summed E-state index contributed by atoms with van der Waals surface area (Å²) in [6, 6.07) is 7.13. The molecule has 1 aromatic carbocycles. The Labute approximate surface area is 114 Å². The van der Waals surface area contributed by atoms with Crippen molar-refractivity contribution in [2.75, 3.05) is 23.7 Å². The minimum atomic E-state index is -0.156. The topological polar surface area (TPSA) is 49.4 Å². The molecule has 1 N–H and O–H groups in total. The van der Waals surface area contributed by atoms with Crippen LogP contribution in [0.5, 0.6) is 0 Å². The third-order valence-corrected chi connectivity index (χ3v) is 3.46. The molecular weight excluding hydrogens is 296 g/mol. The van der Waals surface area contributed by atoms with Gasteiger partial charge in [0.2, 0.25) is 5.91 Å². The van der Waals surface area contributed by atoms with E-state index < -0.39 is 0 Å². The predicted octanol–water partition coefficient (Wildman–Crippen LogP) is 2.26. The predicted molar refractivity (Wildman–Crippen MR) is 74.0 cm³/mol. The Balaban J connectivity index is 2.20. The molecule has 96 valence electrons. The van der Waals surface area contributed by atoms with Crippen LogP contribution in [0.25, 0.3) is 0 Å². The zero-order valence-corrected chi connectivity index (χ0v) is 11.6. The Hall–Kier alpha value is -1.36. The lowest BCUT2D eigenvalue weighted by molar-refractivity contribution is -0.113. The number of hydrogen-bond donors (Lipinski definition) is 1. The summed E-state index contributed by atoms with van der Waals surface area (Å²) in [5, 5.41) is 2.95. The maximum absolute atomic E-state index is 12.3. The first-order valence-electron chi connectivity index (χ1n) is 5.96. The third kappa shape index (κ3) is 2.90. The molecule has 0 saturated carbocycles. The highest BCUT2D eigenvalue weighted by molar-refractivity contribution is 9.09. The molecule has 0 aliphatic carbocycles. The largest absolute Gasteiger partial charge is 0.339 e. The number of carbonyl (C=O) groups is 2. The van der Waals surface area contributed by atoms with Crippen molar-refractivity contribution in [2.45, 2.75) is 12.8 Å². The molecule has 0 unspecified atom stereocenters. The average molecular weight is 311 g/mol. The second-order valence-corrected chi connectivity index (χ2v) is 4.79. The van der Waals surface area contributed by atoms with E-state index in [9.17, 15) is 9.59 Å². The van der Waals surface area contributed by atoms with E-state index in [2.05, 4.69) is 21.2 Å². The molecule has 5 heteroatoms. The Morgan fingerprint density at radius 3 is 2.56 bits per heavy atom. The smallest absolute Gasteiger partial charge is 0.255 e. The van der Waals surface area contributed by atoms with E-state index in [0.717, 1.165) is 25.9 Å². The van der Waals surface area contributed by atoms with Crippen molar-refractivity contribution < 1.29 is 9.59 Å². The van der Waals surface area contributed by atoms with Crippen LogP contribution in [-0.4, -0.2) is 35.1 Å². The Kier molecular flexibility index (Phi) is 4.36. The van der Waals surface area contributed by atoms with E-state index in [1.54, 1.807) is 12.1 Å². The number of alkyl halides is 1. The number of hydrogen-bond acceptors (Lipinski definition) is 2. The molecule has 0 aromatic heterocycles. The molecule has 4 nitrogen and oxygen atoms in total. The number of benzene rings is 1. The van der Waals surface area contributed by atoms with E-state index in [0.29, 0.717) is 11.3 Å². The fourth-order valence-electron chi connectivity index (χ4n) is 2.05. The number of nitrogens with one attached hydrogen (secondary N) is 1. The quantitative estimate of drug-likeness (QED) is 0.871. The van der Waals surface area contributed by atoms with Gasteiger partial charge in [0.15, 0.2) is 0 Å². The maximum Gasteiger partial charge on any atom is 0.255 e. The number of rotatable bonds is 3.